The van der Waals surface area contributed by atoms with Crippen LogP contribution >= 0.6 is 26.6 Å². The van der Waals surface area contributed by atoms with E-state index in [1.807, 2.05) is 13.8 Å². The fourth-order valence-corrected chi connectivity index (χ4v) is 3.11. The second-order valence-corrected chi connectivity index (χ2v) is 7.87. The van der Waals surface area contributed by atoms with Gasteiger partial charge >= 0.3 is 0 Å². The quantitative estimate of drug-likeness (QED) is 0.581. The van der Waals surface area contributed by atoms with Crippen LogP contribution in [0, 0.1) is 0 Å². The van der Waals surface area contributed by atoms with Crippen molar-refractivity contribution in [3.63, 3.8) is 0 Å². The van der Waals surface area contributed by atoms with Gasteiger partial charge in [-0.1, -0.05) is 28.1 Å². The Bertz CT molecular complexity index is 643. The monoisotopic (exact) mass is 379 g/mol. The number of amides is 1. The maximum atomic E-state index is 12.4. The van der Waals surface area contributed by atoms with Crippen LogP contribution in [0.25, 0.3) is 0 Å². The van der Waals surface area contributed by atoms with Crippen molar-refractivity contribution in [1.29, 1.82) is 0 Å². The molecule has 0 heterocycles. The number of hydrogen-bond donors (Lipinski definition) is 0. The van der Waals surface area contributed by atoms with E-state index < -0.39 is 9.05 Å². The molecule has 0 aromatic heterocycles. The second-order valence-electron chi connectivity index (χ2n) is 4.39. The summed E-state index contributed by atoms with van der Waals surface area (Å²) in [5, 5.41) is 0. The summed E-state index contributed by atoms with van der Waals surface area (Å²) in [4.78, 5) is 13.8. The van der Waals surface area contributed by atoms with Crippen molar-refractivity contribution in [2.45, 2.75) is 18.7 Å². The van der Waals surface area contributed by atoms with Gasteiger partial charge in [-0.05, 0) is 32.0 Å². The number of rotatable bonds is 5. The normalized spacial score (nSPS) is 11.2. The Morgan fingerprint density at radius 3 is 2.45 bits per heavy atom. The lowest BCUT2D eigenvalue weighted by molar-refractivity contribution is 0.0778. The topological polar surface area (TPSA) is 54.5 Å². The largest absolute Gasteiger partial charge is 0.335 e. The van der Waals surface area contributed by atoms with E-state index in [1.54, 1.807) is 11.0 Å². The Kier molecular flexibility index (Phi) is 5.79. The van der Waals surface area contributed by atoms with E-state index in [-0.39, 0.29) is 16.4 Å². The molecule has 1 rings (SSSR count). The molecule has 7 heteroatoms. The predicted octanol–water partition coefficient (Wildman–Crippen LogP) is 3.41. The van der Waals surface area contributed by atoms with Crippen LogP contribution in [0.1, 0.15) is 24.2 Å². The number of halogens is 2. The van der Waals surface area contributed by atoms with E-state index in [1.165, 1.54) is 12.1 Å². The van der Waals surface area contributed by atoms with Gasteiger partial charge in [0.1, 0.15) is 0 Å². The van der Waals surface area contributed by atoms with Crippen molar-refractivity contribution in [2.24, 2.45) is 0 Å². The van der Waals surface area contributed by atoms with E-state index >= 15 is 0 Å². The molecule has 1 aromatic carbocycles. The fourth-order valence-electron chi connectivity index (χ4n) is 1.66. The van der Waals surface area contributed by atoms with Crippen LogP contribution in [0.2, 0.25) is 0 Å². The molecule has 0 aliphatic heterocycles. The first-order chi connectivity index (χ1) is 9.15. The van der Waals surface area contributed by atoms with E-state index in [4.69, 9.17) is 10.7 Å². The lowest BCUT2D eigenvalue weighted by atomic mass is 10.2. The molecule has 0 saturated heterocycles. The van der Waals surface area contributed by atoms with E-state index in [0.717, 1.165) is 5.57 Å². The summed E-state index contributed by atoms with van der Waals surface area (Å²) >= 11 is 3.18. The van der Waals surface area contributed by atoms with Gasteiger partial charge in [0.25, 0.3) is 15.0 Å². The van der Waals surface area contributed by atoms with Gasteiger partial charge in [-0.25, -0.2) is 8.42 Å². The molecule has 0 aliphatic carbocycles. The Morgan fingerprint density at radius 2 is 2.00 bits per heavy atom. The molecule has 0 atom stereocenters. The summed E-state index contributed by atoms with van der Waals surface area (Å²) in [5.41, 5.74) is 1.11. The third-order valence-corrected chi connectivity index (χ3v) is 4.32. The SMILES string of the molecule is C=C(C)CN(CC)C(=O)c1cc(Br)cc(S(=O)(=O)Cl)c1. The van der Waals surface area contributed by atoms with Crippen LogP contribution in [0.3, 0.4) is 0 Å². The molecule has 0 radical (unpaired) electrons. The molecule has 4 nitrogen and oxygen atoms in total. The van der Waals surface area contributed by atoms with Crippen molar-refractivity contribution in [1.82, 2.24) is 4.90 Å². The smallest absolute Gasteiger partial charge is 0.261 e. The van der Waals surface area contributed by atoms with Crippen molar-refractivity contribution < 1.29 is 13.2 Å². The third kappa shape index (κ3) is 4.61. The van der Waals surface area contributed by atoms with Crippen molar-refractivity contribution in [2.75, 3.05) is 13.1 Å². The molecule has 0 aliphatic rings. The molecule has 1 amide bonds. The Balaban J connectivity index is 3.22. The molecule has 0 fully saturated rings. The number of carbonyl (C=O) groups excluding carboxylic acids is 1. The van der Waals surface area contributed by atoms with Gasteiger partial charge in [0.15, 0.2) is 0 Å². The minimum absolute atomic E-state index is 0.108. The highest BCUT2D eigenvalue weighted by Crippen LogP contribution is 2.23. The van der Waals surface area contributed by atoms with Crippen LogP contribution in [-0.4, -0.2) is 32.3 Å². The molecule has 110 valence electrons. The standard InChI is InChI=1S/C13H15BrClNO3S/c1-4-16(8-9(2)3)13(17)10-5-11(14)7-12(6-10)20(15,18)19/h5-7H,2,4,8H2,1,3H3. The zero-order valence-corrected chi connectivity index (χ0v) is 14.3. The maximum Gasteiger partial charge on any atom is 0.261 e. The number of likely N-dealkylation sites (N-methyl/N-ethyl adjacent to an activating group) is 1. The molecule has 0 N–H and O–H groups in total. The van der Waals surface area contributed by atoms with Gasteiger partial charge in [-0.15, -0.1) is 0 Å². The summed E-state index contributed by atoms with van der Waals surface area (Å²) in [7, 11) is 1.43. The van der Waals surface area contributed by atoms with Gasteiger partial charge in [-0.3, -0.25) is 4.79 Å². The van der Waals surface area contributed by atoms with E-state index in [0.29, 0.717) is 17.6 Å². The Labute approximate surface area is 132 Å². The van der Waals surface area contributed by atoms with Crippen LogP contribution in [0.4, 0.5) is 0 Å². The zero-order valence-electron chi connectivity index (χ0n) is 11.2. The highest BCUT2D eigenvalue weighted by Gasteiger charge is 2.19. The molecule has 1 aromatic rings. The van der Waals surface area contributed by atoms with Crippen molar-refractivity contribution in [3.05, 3.63) is 40.4 Å². The van der Waals surface area contributed by atoms with Gasteiger partial charge in [0, 0.05) is 33.8 Å². The second kappa shape index (κ2) is 6.74. The fraction of sp³-hybridized carbons (Fsp3) is 0.308. The highest BCUT2D eigenvalue weighted by atomic mass is 79.9. The molecule has 20 heavy (non-hydrogen) atoms. The Morgan fingerprint density at radius 1 is 1.40 bits per heavy atom. The van der Waals surface area contributed by atoms with Crippen molar-refractivity contribution >= 4 is 41.6 Å². The van der Waals surface area contributed by atoms with Crippen LogP contribution in [0.5, 0.6) is 0 Å². The summed E-state index contributed by atoms with van der Waals surface area (Å²) < 4.78 is 23.2. The molecular formula is C13H15BrClNO3S. The molecule has 0 unspecified atom stereocenters. The molecule has 0 spiro atoms. The Hall–Kier alpha value is -0.850. The van der Waals surface area contributed by atoms with E-state index in [9.17, 15) is 13.2 Å². The first-order valence-electron chi connectivity index (χ1n) is 5.84. The molecule has 0 bridgehead atoms. The summed E-state index contributed by atoms with van der Waals surface area (Å²) in [6, 6.07) is 4.19. The average molecular weight is 381 g/mol. The van der Waals surface area contributed by atoms with Gasteiger partial charge in [-0.2, -0.15) is 0 Å². The van der Waals surface area contributed by atoms with Crippen molar-refractivity contribution in [3.8, 4) is 0 Å². The highest BCUT2D eigenvalue weighted by molar-refractivity contribution is 9.10. The number of benzene rings is 1. The van der Waals surface area contributed by atoms with Crippen LogP contribution in [0.15, 0.2) is 39.7 Å². The minimum Gasteiger partial charge on any atom is -0.335 e. The van der Waals surface area contributed by atoms with Crippen LogP contribution in [-0.2, 0) is 9.05 Å². The zero-order chi connectivity index (χ0) is 15.5. The summed E-state index contributed by atoms with van der Waals surface area (Å²) in [6.45, 7) is 8.37. The molecule has 0 saturated carbocycles. The number of nitrogens with zero attached hydrogens (tertiary/aromatic N) is 1. The molecular weight excluding hydrogens is 366 g/mol. The van der Waals surface area contributed by atoms with Crippen LogP contribution < -0.4 is 0 Å². The van der Waals surface area contributed by atoms with Gasteiger partial charge in [0.05, 0.1) is 4.90 Å². The number of carbonyl (C=O) groups is 1. The average Bonchev–Trinajstić information content (AvgIpc) is 2.33. The lowest BCUT2D eigenvalue weighted by Crippen LogP contribution is -2.32. The first-order valence-corrected chi connectivity index (χ1v) is 8.94. The maximum absolute atomic E-state index is 12.4. The van der Waals surface area contributed by atoms with E-state index in [2.05, 4.69) is 22.5 Å². The lowest BCUT2D eigenvalue weighted by Gasteiger charge is -2.21. The number of hydrogen-bond acceptors (Lipinski definition) is 3. The summed E-state index contributed by atoms with van der Waals surface area (Å²) in [5.74, 6) is -0.265. The first kappa shape index (κ1) is 17.2. The van der Waals surface area contributed by atoms with Gasteiger partial charge < -0.3 is 4.90 Å². The predicted molar refractivity (Wildman–Crippen MR) is 83.6 cm³/mol. The van der Waals surface area contributed by atoms with Gasteiger partial charge in [0.2, 0.25) is 0 Å². The minimum atomic E-state index is -3.88. The summed E-state index contributed by atoms with van der Waals surface area (Å²) in [6.07, 6.45) is 0. The third-order valence-electron chi connectivity index (χ3n) is 2.53.